The average molecular weight is 301 g/mol. The molecule has 2 N–H and O–H groups in total. The first-order chi connectivity index (χ1) is 10.6. The van der Waals surface area contributed by atoms with Crippen molar-refractivity contribution in [1.29, 1.82) is 0 Å². The quantitative estimate of drug-likeness (QED) is 0.859. The number of halogens is 1. The third-order valence-electron chi connectivity index (χ3n) is 3.46. The molecule has 0 aliphatic rings. The largest absolute Gasteiger partial charge is 0.396 e. The minimum absolute atomic E-state index is 0.0677. The van der Waals surface area contributed by atoms with Crippen molar-refractivity contribution in [2.75, 3.05) is 6.61 Å². The van der Waals surface area contributed by atoms with E-state index in [1.54, 1.807) is 13.0 Å². The second-order valence-electron chi connectivity index (χ2n) is 5.32. The minimum atomic E-state index is -0.420. The SMILES string of the molecule is Cc1cc(F)cc(C(=O)NC(CCCO)c2ccccc2)c1. The molecule has 3 nitrogen and oxygen atoms in total. The lowest BCUT2D eigenvalue weighted by atomic mass is 10.0. The molecular formula is C18H20FNO2. The molecule has 0 fully saturated rings. The fourth-order valence-electron chi connectivity index (χ4n) is 2.41. The molecule has 0 aromatic heterocycles. The molecule has 1 atom stereocenters. The van der Waals surface area contributed by atoms with Crippen LogP contribution in [0.25, 0.3) is 0 Å². The highest BCUT2D eigenvalue weighted by molar-refractivity contribution is 5.94. The van der Waals surface area contributed by atoms with E-state index in [1.165, 1.54) is 12.1 Å². The van der Waals surface area contributed by atoms with Crippen LogP contribution in [0.1, 0.15) is 40.4 Å². The smallest absolute Gasteiger partial charge is 0.251 e. The number of carbonyl (C=O) groups excluding carboxylic acids is 1. The lowest BCUT2D eigenvalue weighted by Crippen LogP contribution is -2.29. The van der Waals surface area contributed by atoms with E-state index in [2.05, 4.69) is 5.32 Å². The van der Waals surface area contributed by atoms with E-state index in [4.69, 9.17) is 5.11 Å². The number of hydrogen-bond donors (Lipinski definition) is 2. The van der Waals surface area contributed by atoms with Gasteiger partial charge in [-0.2, -0.15) is 0 Å². The maximum atomic E-state index is 13.4. The summed E-state index contributed by atoms with van der Waals surface area (Å²) in [5, 5.41) is 11.9. The van der Waals surface area contributed by atoms with E-state index in [1.807, 2.05) is 30.3 Å². The van der Waals surface area contributed by atoms with E-state index in [0.29, 0.717) is 24.0 Å². The highest BCUT2D eigenvalue weighted by Gasteiger charge is 2.16. The second-order valence-corrected chi connectivity index (χ2v) is 5.32. The Morgan fingerprint density at radius 3 is 2.59 bits per heavy atom. The summed E-state index contributed by atoms with van der Waals surface area (Å²) >= 11 is 0. The molecule has 2 rings (SSSR count). The molecule has 0 bridgehead atoms. The van der Waals surface area contributed by atoms with Crippen LogP contribution in [-0.2, 0) is 0 Å². The molecule has 0 aliphatic heterocycles. The second kappa shape index (κ2) is 7.71. The van der Waals surface area contributed by atoms with Crippen molar-refractivity contribution >= 4 is 5.91 Å². The van der Waals surface area contributed by atoms with Crippen LogP contribution in [0.4, 0.5) is 4.39 Å². The predicted octanol–water partition coefficient (Wildman–Crippen LogP) is 3.38. The van der Waals surface area contributed by atoms with Crippen LogP contribution < -0.4 is 5.32 Å². The van der Waals surface area contributed by atoms with Gasteiger partial charge in [-0.1, -0.05) is 30.3 Å². The van der Waals surface area contributed by atoms with Crippen molar-refractivity contribution in [2.45, 2.75) is 25.8 Å². The summed E-state index contributed by atoms with van der Waals surface area (Å²) in [5.41, 5.74) is 1.98. The molecule has 0 saturated heterocycles. The van der Waals surface area contributed by atoms with Gasteiger partial charge in [-0.15, -0.1) is 0 Å². The van der Waals surface area contributed by atoms with Gasteiger partial charge in [-0.05, 0) is 49.1 Å². The van der Waals surface area contributed by atoms with Gasteiger partial charge in [0.25, 0.3) is 5.91 Å². The van der Waals surface area contributed by atoms with Gasteiger partial charge in [0, 0.05) is 12.2 Å². The van der Waals surface area contributed by atoms with Gasteiger partial charge < -0.3 is 10.4 Å². The molecule has 0 saturated carbocycles. The Labute approximate surface area is 129 Å². The summed E-state index contributed by atoms with van der Waals surface area (Å²) in [5.74, 6) is -0.730. The summed E-state index contributed by atoms with van der Waals surface area (Å²) < 4.78 is 13.4. The van der Waals surface area contributed by atoms with Gasteiger partial charge in [-0.3, -0.25) is 4.79 Å². The van der Waals surface area contributed by atoms with Crippen LogP contribution in [0.2, 0.25) is 0 Å². The van der Waals surface area contributed by atoms with Crippen molar-refractivity contribution in [1.82, 2.24) is 5.32 Å². The molecule has 1 amide bonds. The van der Waals surface area contributed by atoms with E-state index in [9.17, 15) is 9.18 Å². The van der Waals surface area contributed by atoms with Crippen molar-refractivity contribution in [3.8, 4) is 0 Å². The molecule has 2 aromatic rings. The fraction of sp³-hybridized carbons (Fsp3) is 0.278. The Morgan fingerprint density at radius 1 is 1.23 bits per heavy atom. The number of benzene rings is 2. The van der Waals surface area contributed by atoms with Crippen molar-refractivity contribution in [2.24, 2.45) is 0 Å². The number of hydrogen-bond acceptors (Lipinski definition) is 2. The zero-order chi connectivity index (χ0) is 15.9. The zero-order valence-electron chi connectivity index (χ0n) is 12.6. The maximum Gasteiger partial charge on any atom is 0.251 e. The molecule has 0 heterocycles. The van der Waals surface area contributed by atoms with Gasteiger partial charge in [0.2, 0.25) is 0 Å². The van der Waals surface area contributed by atoms with E-state index in [-0.39, 0.29) is 18.6 Å². The zero-order valence-corrected chi connectivity index (χ0v) is 12.6. The van der Waals surface area contributed by atoms with Crippen LogP contribution >= 0.6 is 0 Å². The number of amides is 1. The molecule has 0 radical (unpaired) electrons. The van der Waals surface area contributed by atoms with Crippen molar-refractivity contribution in [3.63, 3.8) is 0 Å². The maximum absolute atomic E-state index is 13.4. The lowest BCUT2D eigenvalue weighted by Gasteiger charge is -2.19. The number of carbonyl (C=O) groups is 1. The Kier molecular flexibility index (Phi) is 5.67. The predicted molar refractivity (Wildman–Crippen MR) is 84.1 cm³/mol. The number of aryl methyl sites for hydroxylation is 1. The van der Waals surface area contributed by atoms with Gasteiger partial charge in [-0.25, -0.2) is 4.39 Å². The normalized spacial score (nSPS) is 12.0. The number of rotatable bonds is 6. The molecule has 116 valence electrons. The van der Waals surface area contributed by atoms with Crippen LogP contribution in [-0.4, -0.2) is 17.6 Å². The Morgan fingerprint density at radius 2 is 1.95 bits per heavy atom. The summed E-state index contributed by atoms with van der Waals surface area (Å²) in [6.45, 7) is 1.82. The van der Waals surface area contributed by atoms with Gasteiger partial charge in [0.05, 0.1) is 6.04 Å². The van der Waals surface area contributed by atoms with Crippen molar-refractivity contribution in [3.05, 3.63) is 71.0 Å². The highest BCUT2D eigenvalue weighted by atomic mass is 19.1. The highest BCUT2D eigenvalue weighted by Crippen LogP contribution is 2.19. The first-order valence-corrected chi connectivity index (χ1v) is 7.34. The number of aliphatic hydroxyl groups is 1. The standard InChI is InChI=1S/C18H20FNO2/c1-13-10-15(12-16(19)11-13)18(22)20-17(8-5-9-21)14-6-3-2-4-7-14/h2-4,6-7,10-12,17,21H,5,8-9H2,1H3,(H,20,22). The Bertz CT molecular complexity index is 608. The summed E-state index contributed by atoms with van der Waals surface area (Å²) in [6, 6.07) is 13.6. The first kappa shape index (κ1) is 16.2. The number of aliphatic hydroxyl groups excluding tert-OH is 1. The van der Waals surface area contributed by atoms with Gasteiger partial charge in [0.1, 0.15) is 5.82 Å². The topological polar surface area (TPSA) is 49.3 Å². The molecule has 22 heavy (non-hydrogen) atoms. The van der Waals surface area contributed by atoms with Crippen molar-refractivity contribution < 1.29 is 14.3 Å². The Balaban J connectivity index is 2.17. The third kappa shape index (κ3) is 4.40. The van der Waals surface area contributed by atoms with E-state index in [0.717, 1.165) is 5.56 Å². The van der Waals surface area contributed by atoms with E-state index < -0.39 is 5.82 Å². The third-order valence-corrected chi connectivity index (χ3v) is 3.46. The lowest BCUT2D eigenvalue weighted by molar-refractivity contribution is 0.0932. The summed E-state index contributed by atoms with van der Waals surface area (Å²) in [4.78, 5) is 12.4. The van der Waals surface area contributed by atoms with Gasteiger partial charge in [0.15, 0.2) is 0 Å². The molecule has 2 aromatic carbocycles. The number of nitrogens with one attached hydrogen (secondary N) is 1. The monoisotopic (exact) mass is 301 g/mol. The summed E-state index contributed by atoms with van der Waals surface area (Å²) in [6.07, 6.45) is 1.21. The fourth-order valence-corrected chi connectivity index (χ4v) is 2.41. The van der Waals surface area contributed by atoms with E-state index >= 15 is 0 Å². The molecule has 0 aliphatic carbocycles. The van der Waals surface area contributed by atoms with Crippen LogP contribution in [0.15, 0.2) is 48.5 Å². The molecule has 0 spiro atoms. The molecular weight excluding hydrogens is 281 g/mol. The van der Waals surface area contributed by atoms with Crippen LogP contribution in [0.3, 0.4) is 0 Å². The van der Waals surface area contributed by atoms with Crippen LogP contribution in [0.5, 0.6) is 0 Å². The molecule has 4 heteroatoms. The summed E-state index contributed by atoms with van der Waals surface area (Å²) in [7, 11) is 0. The van der Waals surface area contributed by atoms with Gasteiger partial charge >= 0.3 is 0 Å². The Hall–Kier alpha value is -2.20. The van der Waals surface area contributed by atoms with Crippen LogP contribution in [0, 0.1) is 12.7 Å². The minimum Gasteiger partial charge on any atom is -0.396 e. The first-order valence-electron chi connectivity index (χ1n) is 7.34. The average Bonchev–Trinajstić information content (AvgIpc) is 2.51. The molecule has 1 unspecified atom stereocenters.